The molecule has 0 aromatic carbocycles. The van der Waals surface area contributed by atoms with E-state index in [9.17, 15) is 4.79 Å². The second kappa shape index (κ2) is 9.98. The molecular formula is C21H38N2O2. The van der Waals surface area contributed by atoms with Crippen LogP contribution in [0.2, 0.25) is 0 Å². The first kappa shape index (κ1) is 21.7. The molecule has 0 saturated heterocycles. The summed E-state index contributed by atoms with van der Waals surface area (Å²) in [6.07, 6.45) is 13.5. The van der Waals surface area contributed by atoms with Crippen LogP contribution in [0.4, 0.5) is 0 Å². The number of allylic oxidation sites excluding steroid dienone is 2. The molecular weight excluding hydrogens is 312 g/mol. The van der Waals surface area contributed by atoms with E-state index in [0.29, 0.717) is 29.6 Å². The molecule has 25 heavy (non-hydrogen) atoms. The zero-order chi connectivity index (χ0) is 19.0. The molecule has 2 amide bonds. The fraction of sp³-hybridized carbons (Fsp3) is 0.810. The molecule has 2 bridgehead atoms. The van der Waals surface area contributed by atoms with Crippen LogP contribution < -0.4 is 11.1 Å². The highest BCUT2D eigenvalue weighted by molar-refractivity contribution is 5.78. The Kier molecular flexibility index (Phi) is 8.67. The average molecular weight is 351 g/mol. The molecule has 0 radical (unpaired) electrons. The van der Waals surface area contributed by atoms with Gasteiger partial charge in [-0.3, -0.25) is 9.59 Å². The van der Waals surface area contributed by atoms with E-state index in [2.05, 4.69) is 45.2 Å². The van der Waals surface area contributed by atoms with Crippen LogP contribution in [0, 0.1) is 35.0 Å². The Morgan fingerprint density at radius 2 is 1.64 bits per heavy atom. The molecule has 2 saturated carbocycles. The first-order chi connectivity index (χ1) is 11.7. The number of fused-ring (bicyclic) bond motifs is 2. The van der Waals surface area contributed by atoms with Gasteiger partial charge in [-0.05, 0) is 48.3 Å². The van der Waals surface area contributed by atoms with E-state index in [0.717, 1.165) is 12.3 Å². The SMILES string of the molecule is CC(C)(C)C1CCCCC1.CC1C2C=CC(C2)C1C(N)=O.CNC=O. The molecule has 0 heterocycles. The van der Waals surface area contributed by atoms with Gasteiger partial charge in [0.15, 0.2) is 0 Å². The minimum absolute atomic E-state index is 0.116. The van der Waals surface area contributed by atoms with Crippen molar-refractivity contribution in [2.75, 3.05) is 7.05 Å². The normalized spacial score (nSPS) is 30.6. The number of primary amides is 1. The van der Waals surface area contributed by atoms with E-state index in [4.69, 9.17) is 10.5 Å². The Morgan fingerprint density at radius 1 is 1.12 bits per heavy atom. The van der Waals surface area contributed by atoms with E-state index in [-0.39, 0.29) is 11.8 Å². The van der Waals surface area contributed by atoms with Gasteiger partial charge in [-0.1, -0.05) is 59.1 Å². The topological polar surface area (TPSA) is 72.2 Å². The predicted octanol–water partition coefficient (Wildman–Crippen LogP) is 3.90. The summed E-state index contributed by atoms with van der Waals surface area (Å²) in [5.74, 6) is 2.55. The monoisotopic (exact) mass is 350 g/mol. The van der Waals surface area contributed by atoms with Crippen LogP contribution in [0.1, 0.15) is 66.2 Å². The summed E-state index contributed by atoms with van der Waals surface area (Å²) in [6.45, 7) is 9.26. The molecule has 4 atom stereocenters. The summed E-state index contributed by atoms with van der Waals surface area (Å²) in [5.41, 5.74) is 5.87. The standard InChI is InChI=1S/C10H20.C9H13NO.C2H5NO/c1-10(2,3)9-7-5-4-6-8-9;1-5-6-2-3-7(4-6)8(5)9(10)11;1-3-2-4/h9H,4-8H2,1-3H3;2-3,5-8H,4H2,1H3,(H2,10,11);2H,1H3,(H,3,4). The molecule has 0 aromatic heterocycles. The highest BCUT2D eigenvalue weighted by Gasteiger charge is 2.44. The van der Waals surface area contributed by atoms with Crippen LogP contribution in [0.25, 0.3) is 0 Å². The number of rotatable bonds is 2. The third-order valence-electron chi connectivity index (χ3n) is 6.13. The number of hydrogen-bond acceptors (Lipinski definition) is 2. The Morgan fingerprint density at radius 3 is 1.92 bits per heavy atom. The van der Waals surface area contributed by atoms with Crippen molar-refractivity contribution in [3.8, 4) is 0 Å². The minimum Gasteiger partial charge on any atom is -0.369 e. The Labute approximate surface area is 154 Å². The fourth-order valence-corrected chi connectivity index (χ4v) is 4.51. The van der Waals surface area contributed by atoms with Crippen LogP contribution in [-0.2, 0) is 9.59 Å². The number of hydrogen-bond donors (Lipinski definition) is 2. The number of amides is 2. The Bertz CT molecular complexity index is 447. The van der Waals surface area contributed by atoms with Gasteiger partial charge in [0.05, 0.1) is 0 Å². The Hall–Kier alpha value is -1.32. The molecule has 0 aromatic rings. The number of carbonyl (C=O) groups is 2. The van der Waals surface area contributed by atoms with Gasteiger partial charge in [0, 0.05) is 13.0 Å². The van der Waals surface area contributed by atoms with E-state index in [1.807, 2.05) is 0 Å². The van der Waals surface area contributed by atoms with Crippen molar-refractivity contribution < 1.29 is 9.59 Å². The van der Waals surface area contributed by atoms with Gasteiger partial charge >= 0.3 is 0 Å². The molecule has 144 valence electrons. The van der Waals surface area contributed by atoms with Gasteiger partial charge in [0.2, 0.25) is 12.3 Å². The number of nitrogens with two attached hydrogens (primary N) is 1. The van der Waals surface area contributed by atoms with Crippen molar-refractivity contribution >= 4 is 12.3 Å². The molecule has 4 unspecified atom stereocenters. The van der Waals surface area contributed by atoms with Crippen molar-refractivity contribution in [3.05, 3.63) is 12.2 Å². The van der Waals surface area contributed by atoms with E-state index in [1.54, 1.807) is 7.05 Å². The quantitative estimate of drug-likeness (QED) is 0.585. The molecule has 3 aliphatic rings. The maximum atomic E-state index is 11.0. The van der Waals surface area contributed by atoms with Crippen molar-refractivity contribution in [1.29, 1.82) is 0 Å². The predicted molar refractivity (Wildman–Crippen MR) is 104 cm³/mol. The van der Waals surface area contributed by atoms with E-state index < -0.39 is 0 Å². The lowest BCUT2D eigenvalue weighted by atomic mass is 9.72. The van der Waals surface area contributed by atoms with Crippen molar-refractivity contribution in [2.24, 2.45) is 40.7 Å². The zero-order valence-electron chi connectivity index (χ0n) is 16.8. The maximum Gasteiger partial charge on any atom is 0.221 e. The van der Waals surface area contributed by atoms with Gasteiger partial charge in [0.25, 0.3) is 0 Å². The highest BCUT2D eigenvalue weighted by atomic mass is 16.1. The lowest BCUT2D eigenvalue weighted by molar-refractivity contribution is -0.123. The lowest BCUT2D eigenvalue weighted by Gasteiger charge is -2.33. The number of carbonyl (C=O) groups excluding carboxylic acids is 2. The summed E-state index contributed by atoms with van der Waals surface area (Å²) in [7, 11) is 1.56. The molecule has 3 N–H and O–H groups in total. The molecule has 4 heteroatoms. The summed E-state index contributed by atoms with van der Waals surface area (Å²) in [6, 6.07) is 0. The maximum absolute atomic E-state index is 11.0. The zero-order valence-corrected chi connectivity index (χ0v) is 16.8. The molecule has 2 fully saturated rings. The van der Waals surface area contributed by atoms with Crippen molar-refractivity contribution in [3.63, 3.8) is 0 Å². The molecule has 3 rings (SSSR count). The van der Waals surface area contributed by atoms with E-state index >= 15 is 0 Å². The van der Waals surface area contributed by atoms with Crippen LogP contribution >= 0.6 is 0 Å². The molecule has 3 aliphatic carbocycles. The third-order valence-corrected chi connectivity index (χ3v) is 6.13. The van der Waals surface area contributed by atoms with Crippen molar-refractivity contribution in [1.82, 2.24) is 5.32 Å². The largest absolute Gasteiger partial charge is 0.369 e. The summed E-state index contributed by atoms with van der Waals surface area (Å²) < 4.78 is 0. The minimum atomic E-state index is -0.116. The average Bonchev–Trinajstić information content (AvgIpc) is 3.16. The van der Waals surface area contributed by atoms with Gasteiger partial charge in [-0.15, -0.1) is 0 Å². The van der Waals surface area contributed by atoms with Crippen LogP contribution in [-0.4, -0.2) is 19.4 Å². The first-order valence-electron chi connectivity index (χ1n) is 9.80. The van der Waals surface area contributed by atoms with Crippen LogP contribution in [0.3, 0.4) is 0 Å². The summed E-state index contributed by atoms with van der Waals surface area (Å²) in [5, 5.41) is 2.25. The first-order valence-corrected chi connectivity index (χ1v) is 9.80. The highest BCUT2D eigenvalue weighted by Crippen LogP contribution is 2.47. The van der Waals surface area contributed by atoms with Crippen LogP contribution in [0.5, 0.6) is 0 Å². The van der Waals surface area contributed by atoms with Crippen LogP contribution in [0.15, 0.2) is 12.2 Å². The summed E-state index contributed by atoms with van der Waals surface area (Å²) >= 11 is 0. The number of nitrogens with one attached hydrogen (secondary N) is 1. The Balaban J connectivity index is 0.000000208. The fourth-order valence-electron chi connectivity index (χ4n) is 4.51. The smallest absolute Gasteiger partial charge is 0.221 e. The van der Waals surface area contributed by atoms with Crippen molar-refractivity contribution in [2.45, 2.75) is 66.2 Å². The van der Waals surface area contributed by atoms with Gasteiger partial charge in [-0.2, -0.15) is 0 Å². The van der Waals surface area contributed by atoms with Gasteiger partial charge < -0.3 is 11.1 Å². The van der Waals surface area contributed by atoms with Gasteiger partial charge in [-0.25, -0.2) is 0 Å². The van der Waals surface area contributed by atoms with E-state index in [1.165, 1.54) is 32.1 Å². The summed E-state index contributed by atoms with van der Waals surface area (Å²) in [4.78, 5) is 20.1. The second-order valence-corrected chi connectivity index (χ2v) is 8.84. The molecule has 0 aliphatic heterocycles. The molecule has 4 nitrogen and oxygen atoms in total. The van der Waals surface area contributed by atoms with Gasteiger partial charge in [0.1, 0.15) is 0 Å². The molecule has 0 spiro atoms. The lowest BCUT2D eigenvalue weighted by Crippen LogP contribution is -2.31. The third kappa shape index (κ3) is 6.48. The second-order valence-electron chi connectivity index (χ2n) is 8.84.